The van der Waals surface area contributed by atoms with E-state index in [9.17, 15) is 14.4 Å². The zero-order valence-electron chi connectivity index (χ0n) is 25.0. The quantitative estimate of drug-likeness (QED) is 0.439. The van der Waals surface area contributed by atoms with E-state index in [4.69, 9.17) is 16.3 Å². The molecule has 0 bridgehead atoms. The fourth-order valence-corrected chi connectivity index (χ4v) is 7.57. The number of nitrogens with zero attached hydrogens (tertiary/aromatic N) is 4. The summed E-state index contributed by atoms with van der Waals surface area (Å²) in [5, 5.41) is 0.629. The monoisotopic (exact) mass is 586 g/mol. The third-order valence-electron chi connectivity index (χ3n) is 10.0. The van der Waals surface area contributed by atoms with E-state index in [1.54, 1.807) is 16.7 Å². The Balaban J connectivity index is 1.13. The van der Waals surface area contributed by atoms with Gasteiger partial charge in [0.2, 0.25) is 11.8 Å². The van der Waals surface area contributed by atoms with Crippen molar-refractivity contribution in [1.82, 2.24) is 14.7 Å². The minimum Gasteiger partial charge on any atom is -0.446 e. The molecule has 0 spiro atoms. The second-order valence-electron chi connectivity index (χ2n) is 12.9. The van der Waals surface area contributed by atoms with Crippen molar-refractivity contribution in [2.45, 2.75) is 71.8 Å². The number of ether oxygens (including phenoxy) is 1. The summed E-state index contributed by atoms with van der Waals surface area (Å²) in [4.78, 5) is 46.5. The molecule has 0 N–H and O–H groups in total. The number of rotatable bonds is 7. The molecule has 4 fully saturated rings. The first-order valence-electron chi connectivity index (χ1n) is 15.7. The molecule has 3 heterocycles. The van der Waals surface area contributed by atoms with Crippen molar-refractivity contribution in [3.8, 4) is 0 Å². The normalized spacial score (nSPS) is 27.1. The maximum absolute atomic E-state index is 13.4. The highest BCUT2D eigenvalue weighted by molar-refractivity contribution is 6.31. The lowest BCUT2D eigenvalue weighted by Crippen LogP contribution is -2.43. The molecule has 1 aromatic rings. The Hall–Kier alpha value is -2.32. The van der Waals surface area contributed by atoms with E-state index in [0.717, 1.165) is 56.8 Å². The number of hydrogen-bond acceptors (Lipinski definition) is 5. The van der Waals surface area contributed by atoms with Crippen molar-refractivity contribution in [2.75, 3.05) is 57.3 Å². The van der Waals surface area contributed by atoms with Gasteiger partial charge < -0.3 is 19.4 Å². The molecule has 8 nitrogen and oxygen atoms in total. The van der Waals surface area contributed by atoms with Gasteiger partial charge in [0, 0.05) is 82.2 Å². The fraction of sp³-hybridized carbons (Fsp3) is 0.719. The average molecular weight is 587 g/mol. The van der Waals surface area contributed by atoms with Crippen LogP contribution in [0.4, 0.5) is 10.5 Å². The molecule has 4 aliphatic rings. The van der Waals surface area contributed by atoms with Crippen LogP contribution >= 0.6 is 11.6 Å². The van der Waals surface area contributed by atoms with Gasteiger partial charge in [-0.3, -0.25) is 14.5 Å². The largest absolute Gasteiger partial charge is 0.446 e. The van der Waals surface area contributed by atoms with Crippen molar-refractivity contribution in [2.24, 2.45) is 23.7 Å². The molecule has 5 rings (SSSR count). The third kappa shape index (κ3) is 7.19. The Morgan fingerprint density at radius 3 is 2.29 bits per heavy atom. The molecule has 9 heteroatoms. The Kier molecular flexibility index (Phi) is 9.80. The number of halogens is 1. The van der Waals surface area contributed by atoms with Gasteiger partial charge in [-0.05, 0) is 68.2 Å². The van der Waals surface area contributed by atoms with E-state index in [-0.39, 0.29) is 24.0 Å². The summed E-state index contributed by atoms with van der Waals surface area (Å²) in [6, 6.07) is 5.71. The first-order chi connectivity index (χ1) is 19.7. The second-order valence-corrected chi connectivity index (χ2v) is 13.3. The molecular formula is C32H47ClN4O4. The van der Waals surface area contributed by atoms with Gasteiger partial charge in [0.05, 0.1) is 0 Å². The predicted molar refractivity (Wildman–Crippen MR) is 161 cm³/mol. The number of benzene rings is 1. The molecule has 3 amide bonds. The Bertz CT molecular complexity index is 1090. The lowest BCUT2D eigenvalue weighted by atomic mass is 9.79. The smallest absolute Gasteiger partial charge is 0.414 e. The minimum absolute atomic E-state index is 0.0647. The number of amides is 3. The number of anilines is 1. The predicted octanol–water partition coefficient (Wildman–Crippen LogP) is 5.21. The van der Waals surface area contributed by atoms with Crippen LogP contribution in [0.5, 0.6) is 0 Å². The summed E-state index contributed by atoms with van der Waals surface area (Å²) in [6.45, 7) is 12.3. The first-order valence-corrected chi connectivity index (χ1v) is 16.1. The van der Waals surface area contributed by atoms with E-state index < -0.39 is 0 Å². The number of fused-ring (bicyclic) bond motifs is 1. The van der Waals surface area contributed by atoms with E-state index in [1.807, 2.05) is 25.1 Å². The zero-order valence-corrected chi connectivity index (χ0v) is 25.8. The summed E-state index contributed by atoms with van der Waals surface area (Å²) >= 11 is 6.43. The van der Waals surface area contributed by atoms with Crippen molar-refractivity contribution in [3.63, 3.8) is 0 Å². The Morgan fingerprint density at radius 1 is 0.976 bits per heavy atom. The van der Waals surface area contributed by atoms with Gasteiger partial charge in [-0.15, -0.1) is 0 Å². The highest BCUT2D eigenvalue weighted by Crippen LogP contribution is 2.36. The zero-order chi connectivity index (χ0) is 29.1. The molecule has 4 unspecified atom stereocenters. The van der Waals surface area contributed by atoms with Crippen molar-refractivity contribution >= 4 is 35.2 Å². The molecule has 3 aliphatic heterocycles. The second kappa shape index (κ2) is 13.3. The Morgan fingerprint density at radius 2 is 1.66 bits per heavy atom. The molecule has 0 aromatic heterocycles. The summed E-state index contributed by atoms with van der Waals surface area (Å²) < 4.78 is 5.94. The SMILES string of the molecule is CC(=O)N1CCC(OC(=O)N(CCCN2CC3CN(C(=O)C4CCCCC4C)CC3C2)c2ccc(C)c(Cl)c2)CC1. The van der Waals surface area contributed by atoms with Gasteiger partial charge in [-0.1, -0.05) is 37.4 Å². The summed E-state index contributed by atoms with van der Waals surface area (Å²) in [5.41, 5.74) is 1.71. The molecule has 1 saturated carbocycles. The van der Waals surface area contributed by atoms with Crippen molar-refractivity contribution < 1.29 is 19.1 Å². The van der Waals surface area contributed by atoms with Crippen LogP contribution in [0.1, 0.15) is 64.4 Å². The molecule has 41 heavy (non-hydrogen) atoms. The van der Waals surface area contributed by atoms with Crippen molar-refractivity contribution in [3.05, 3.63) is 28.8 Å². The standard InChI is InChI=1S/C32H47ClN4O4/c1-22-7-4-5-8-29(22)31(39)36-20-25-18-34(19-26(25)21-36)13-6-14-37(27-10-9-23(2)30(33)17-27)32(40)41-28-11-15-35(16-12-28)24(3)38/h9-10,17,22,25-26,28-29H,4-8,11-16,18-21H2,1-3H3. The molecule has 1 aromatic carbocycles. The topological polar surface area (TPSA) is 73.4 Å². The fourth-order valence-electron chi connectivity index (χ4n) is 7.39. The lowest BCUT2D eigenvalue weighted by Gasteiger charge is -2.33. The third-order valence-corrected chi connectivity index (χ3v) is 10.4. The van der Waals surface area contributed by atoms with Gasteiger partial charge >= 0.3 is 6.09 Å². The molecule has 3 saturated heterocycles. The van der Waals surface area contributed by atoms with Crippen LogP contribution in [-0.2, 0) is 14.3 Å². The lowest BCUT2D eigenvalue weighted by molar-refractivity contribution is -0.137. The van der Waals surface area contributed by atoms with Gasteiger partial charge in [-0.25, -0.2) is 4.79 Å². The number of aryl methyl sites for hydroxylation is 1. The first kappa shape index (κ1) is 30.1. The van der Waals surface area contributed by atoms with Gasteiger partial charge in [-0.2, -0.15) is 0 Å². The Labute approximate surface area is 250 Å². The van der Waals surface area contributed by atoms with Crippen LogP contribution in [0.2, 0.25) is 5.02 Å². The number of hydrogen-bond donors (Lipinski definition) is 0. The van der Waals surface area contributed by atoms with Gasteiger partial charge in [0.15, 0.2) is 0 Å². The number of carbonyl (C=O) groups excluding carboxylic acids is 3. The van der Waals surface area contributed by atoms with E-state index in [1.165, 1.54) is 19.3 Å². The molecule has 4 atom stereocenters. The van der Waals surface area contributed by atoms with Crippen LogP contribution in [0.15, 0.2) is 18.2 Å². The number of piperidine rings is 1. The minimum atomic E-state index is -0.351. The van der Waals surface area contributed by atoms with E-state index in [2.05, 4.69) is 16.7 Å². The average Bonchev–Trinajstić information content (AvgIpc) is 3.52. The van der Waals surface area contributed by atoms with Crippen molar-refractivity contribution in [1.29, 1.82) is 0 Å². The van der Waals surface area contributed by atoms with Crippen LogP contribution in [0.25, 0.3) is 0 Å². The van der Waals surface area contributed by atoms with Crippen LogP contribution in [0.3, 0.4) is 0 Å². The maximum atomic E-state index is 13.4. The maximum Gasteiger partial charge on any atom is 0.414 e. The highest BCUT2D eigenvalue weighted by atomic mass is 35.5. The number of carbonyl (C=O) groups is 3. The summed E-state index contributed by atoms with van der Waals surface area (Å²) in [6.07, 6.45) is 6.28. The molecule has 0 radical (unpaired) electrons. The van der Waals surface area contributed by atoms with E-state index in [0.29, 0.717) is 61.2 Å². The number of likely N-dealkylation sites (tertiary alicyclic amines) is 3. The summed E-state index contributed by atoms with van der Waals surface area (Å²) in [5.74, 6) is 2.30. The molecular weight excluding hydrogens is 540 g/mol. The van der Waals surface area contributed by atoms with Gasteiger partial charge in [0.1, 0.15) is 6.10 Å². The van der Waals surface area contributed by atoms with Gasteiger partial charge in [0.25, 0.3) is 0 Å². The molecule has 226 valence electrons. The van der Waals surface area contributed by atoms with E-state index >= 15 is 0 Å². The summed E-state index contributed by atoms with van der Waals surface area (Å²) in [7, 11) is 0. The molecule has 1 aliphatic carbocycles. The van der Waals surface area contributed by atoms with Crippen LogP contribution in [-0.4, -0.2) is 91.1 Å². The highest BCUT2D eigenvalue weighted by Gasteiger charge is 2.43. The van der Waals surface area contributed by atoms with Crippen LogP contribution in [0, 0.1) is 30.6 Å². The van der Waals surface area contributed by atoms with Crippen LogP contribution < -0.4 is 4.90 Å².